The van der Waals surface area contributed by atoms with Gasteiger partial charge >= 0.3 is 0 Å². The third-order valence-electron chi connectivity index (χ3n) is 3.44. The van der Waals surface area contributed by atoms with E-state index < -0.39 is 0 Å². The van der Waals surface area contributed by atoms with E-state index in [1.54, 1.807) is 0 Å². The van der Waals surface area contributed by atoms with Crippen molar-refractivity contribution in [2.75, 3.05) is 0 Å². The van der Waals surface area contributed by atoms with Crippen molar-refractivity contribution < 1.29 is 5.11 Å². The van der Waals surface area contributed by atoms with Gasteiger partial charge in [0.05, 0.1) is 6.10 Å². The van der Waals surface area contributed by atoms with Gasteiger partial charge in [0, 0.05) is 18.1 Å². The lowest BCUT2D eigenvalue weighted by molar-refractivity contribution is -0.00261. The molecule has 2 saturated heterocycles. The maximum atomic E-state index is 9.77. The highest BCUT2D eigenvalue weighted by molar-refractivity contribution is 4.97. The minimum Gasteiger partial charge on any atom is -0.391 e. The van der Waals surface area contributed by atoms with E-state index in [0.717, 1.165) is 12.5 Å². The molecule has 0 saturated carbocycles. The highest BCUT2D eigenvalue weighted by atomic mass is 16.3. The highest BCUT2D eigenvalue weighted by Crippen LogP contribution is 2.36. The fourth-order valence-corrected chi connectivity index (χ4v) is 2.98. The largest absolute Gasteiger partial charge is 0.391 e. The first-order chi connectivity index (χ1) is 5.70. The molecular weight excluding hydrogens is 150 g/mol. The zero-order valence-corrected chi connectivity index (χ0v) is 8.03. The molecule has 2 aliphatic heterocycles. The van der Waals surface area contributed by atoms with Crippen LogP contribution in [-0.2, 0) is 0 Å². The van der Waals surface area contributed by atoms with Crippen molar-refractivity contribution in [3.05, 3.63) is 0 Å². The van der Waals surface area contributed by atoms with Gasteiger partial charge in [-0.15, -0.1) is 0 Å². The monoisotopic (exact) mass is 169 g/mol. The predicted molar refractivity (Wildman–Crippen MR) is 49.0 cm³/mol. The summed E-state index contributed by atoms with van der Waals surface area (Å²) >= 11 is 0. The van der Waals surface area contributed by atoms with Crippen LogP contribution in [0.15, 0.2) is 0 Å². The first-order valence-electron chi connectivity index (χ1n) is 5.15. The van der Waals surface area contributed by atoms with Crippen molar-refractivity contribution in [3.63, 3.8) is 0 Å². The van der Waals surface area contributed by atoms with Crippen LogP contribution in [-0.4, -0.2) is 34.2 Å². The number of aliphatic hydroxyl groups excluding tert-OH is 1. The highest BCUT2D eigenvalue weighted by Gasteiger charge is 2.42. The molecule has 2 fully saturated rings. The smallest absolute Gasteiger partial charge is 0.0696 e. The van der Waals surface area contributed by atoms with E-state index in [4.69, 9.17) is 0 Å². The molecule has 2 unspecified atom stereocenters. The van der Waals surface area contributed by atoms with Crippen molar-refractivity contribution in [1.29, 1.82) is 0 Å². The Balaban J connectivity index is 2.13. The fourth-order valence-electron chi connectivity index (χ4n) is 2.98. The van der Waals surface area contributed by atoms with Crippen molar-refractivity contribution in [2.24, 2.45) is 0 Å². The Labute approximate surface area is 74.6 Å². The van der Waals surface area contributed by atoms with Crippen molar-refractivity contribution in [2.45, 2.75) is 63.8 Å². The molecule has 2 heterocycles. The number of aliphatic hydroxyl groups is 1. The van der Waals surface area contributed by atoms with Gasteiger partial charge in [-0.05, 0) is 39.5 Å². The summed E-state index contributed by atoms with van der Waals surface area (Å²) in [6.45, 7) is 4.48. The number of nitrogens with zero attached hydrogens (tertiary/aromatic N) is 1. The molecule has 2 bridgehead atoms. The normalized spacial score (nSPS) is 42.5. The number of rotatable bonds is 1. The van der Waals surface area contributed by atoms with Crippen molar-refractivity contribution in [3.8, 4) is 0 Å². The van der Waals surface area contributed by atoms with E-state index >= 15 is 0 Å². The van der Waals surface area contributed by atoms with Gasteiger partial charge in [0.2, 0.25) is 0 Å². The second kappa shape index (κ2) is 3.00. The first kappa shape index (κ1) is 8.52. The minimum atomic E-state index is -0.0499. The van der Waals surface area contributed by atoms with E-state index in [1.165, 1.54) is 19.3 Å². The van der Waals surface area contributed by atoms with Crippen molar-refractivity contribution >= 4 is 0 Å². The van der Waals surface area contributed by atoms with Gasteiger partial charge in [-0.25, -0.2) is 0 Å². The number of piperidine rings is 1. The molecular formula is C10H19NO. The molecule has 0 aromatic rings. The van der Waals surface area contributed by atoms with E-state index in [0.29, 0.717) is 12.1 Å². The Morgan fingerprint density at radius 1 is 1.17 bits per heavy atom. The average molecular weight is 169 g/mol. The molecule has 0 spiro atoms. The summed E-state index contributed by atoms with van der Waals surface area (Å²) in [6.07, 6.45) is 4.70. The van der Waals surface area contributed by atoms with Gasteiger partial charge in [0.25, 0.3) is 0 Å². The van der Waals surface area contributed by atoms with Crippen molar-refractivity contribution in [1.82, 2.24) is 4.90 Å². The lowest BCUT2D eigenvalue weighted by atomic mass is 9.98. The topological polar surface area (TPSA) is 23.5 Å². The van der Waals surface area contributed by atoms with Gasteiger partial charge < -0.3 is 5.11 Å². The van der Waals surface area contributed by atoms with Crippen LogP contribution in [0.1, 0.15) is 39.5 Å². The second-order valence-electron chi connectivity index (χ2n) is 4.48. The molecule has 0 aromatic heterocycles. The Morgan fingerprint density at radius 2 is 1.83 bits per heavy atom. The van der Waals surface area contributed by atoms with Crippen LogP contribution in [0.4, 0.5) is 0 Å². The Hall–Kier alpha value is -0.0800. The molecule has 2 aliphatic rings. The maximum absolute atomic E-state index is 9.77. The molecule has 0 aromatic carbocycles. The quantitative estimate of drug-likeness (QED) is 0.641. The van der Waals surface area contributed by atoms with Crippen LogP contribution in [0.5, 0.6) is 0 Å². The SMILES string of the molecule is CC(C)N1C2CC[C@H]1CCC2O. The Bertz CT molecular complexity index is 169. The van der Waals surface area contributed by atoms with Crippen LogP contribution < -0.4 is 0 Å². The maximum Gasteiger partial charge on any atom is 0.0696 e. The lowest BCUT2D eigenvalue weighted by Gasteiger charge is -2.40. The molecule has 0 amide bonds. The molecule has 2 heteroatoms. The summed E-state index contributed by atoms with van der Waals surface area (Å²) < 4.78 is 0. The molecule has 2 nitrogen and oxygen atoms in total. The van der Waals surface area contributed by atoms with E-state index in [1.807, 2.05) is 0 Å². The summed E-state index contributed by atoms with van der Waals surface area (Å²) in [7, 11) is 0. The first-order valence-corrected chi connectivity index (χ1v) is 5.15. The summed E-state index contributed by atoms with van der Waals surface area (Å²) in [6, 6.07) is 1.86. The van der Waals surface area contributed by atoms with Gasteiger partial charge in [0.15, 0.2) is 0 Å². The van der Waals surface area contributed by atoms with Gasteiger partial charge in [0.1, 0.15) is 0 Å². The third kappa shape index (κ3) is 1.17. The predicted octanol–water partition coefficient (Wildman–Crippen LogP) is 1.38. The molecule has 12 heavy (non-hydrogen) atoms. The molecule has 0 aliphatic carbocycles. The molecule has 2 rings (SSSR count). The summed E-state index contributed by atoms with van der Waals surface area (Å²) in [5, 5.41) is 9.77. The van der Waals surface area contributed by atoms with Gasteiger partial charge in [-0.2, -0.15) is 0 Å². The molecule has 1 N–H and O–H groups in total. The summed E-state index contributed by atoms with van der Waals surface area (Å²) in [4.78, 5) is 2.52. The molecule has 70 valence electrons. The van der Waals surface area contributed by atoms with Crippen LogP contribution in [0.25, 0.3) is 0 Å². The number of hydrogen-bond acceptors (Lipinski definition) is 2. The minimum absolute atomic E-state index is 0.0499. The van der Waals surface area contributed by atoms with E-state index in [2.05, 4.69) is 18.7 Å². The molecule has 0 radical (unpaired) electrons. The van der Waals surface area contributed by atoms with E-state index in [-0.39, 0.29) is 6.10 Å². The Kier molecular flexibility index (Phi) is 2.13. The second-order valence-corrected chi connectivity index (χ2v) is 4.48. The van der Waals surface area contributed by atoms with Crippen LogP contribution in [0.3, 0.4) is 0 Å². The van der Waals surface area contributed by atoms with Crippen LogP contribution in [0.2, 0.25) is 0 Å². The number of hydrogen-bond donors (Lipinski definition) is 1. The summed E-state index contributed by atoms with van der Waals surface area (Å²) in [5.41, 5.74) is 0. The van der Waals surface area contributed by atoms with Gasteiger partial charge in [-0.1, -0.05) is 0 Å². The fraction of sp³-hybridized carbons (Fsp3) is 1.00. The average Bonchev–Trinajstić information content (AvgIpc) is 2.35. The van der Waals surface area contributed by atoms with E-state index in [9.17, 15) is 5.11 Å². The molecule has 3 atom stereocenters. The Morgan fingerprint density at radius 3 is 2.42 bits per heavy atom. The van der Waals surface area contributed by atoms with Gasteiger partial charge in [-0.3, -0.25) is 4.90 Å². The zero-order valence-electron chi connectivity index (χ0n) is 8.03. The van der Waals surface area contributed by atoms with Crippen LogP contribution >= 0.6 is 0 Å². The zero-order chi connectivity index (χ0) is 8.72. The third-order valence-corrected chi connectivity index (χ3v) is 3.44. The lowest BCUT2D eigenvalue weighted by Crippen LogP contribution is -2.50. The standard InChI is InChI=1S/C10H19NO/c1-7(2)11-8-3-5-9(11)10(12)6-4-8/h7-10,12H,3-6H2,1-2H3/t8-,9?,10?/m0/s1. The van der Waals surface area contributed by atoms with Crippen LogP contribution in [0, 0.1) is 0 Å². The summed E-state index contributed by atoms with van der Waals surface area (Å²) in [5.74, 6) is 0. The number of fused-ring (bicyclic) bond motifs is 2.